The van der Waals surface area contributed by atoms with E-state index in [-0.39, 0.29) is 12.5 Å². The fourth-order valence-electron chi connectivity index (χ4n) is 3.17. The van der Waals surface area contributed by atoms with Gasteiger partial charge >= 0.3 is 0 Å². The number of allylic oxidation sites excluding steroid dienone is 1. The van der Waals surface area contributed by atoms with Crippen molar-refractivity contribution < 1.29 is 13.2 Å². The number of anilines is 1. The highest BCUT2D eigenvalue weighted by molar-refractivity contribution is 7.88. The molecule has 1 N–H and O–H groups in total. The fraction of sp³-hybridized carbons (Fsp3) is 0.526. The zero-order valence-electron chi connectivity index (χ0n) is 15.3. The van der Waals surface area contributed by atoms with Crippen LogP contribution in [0.25, 0.3) is 0 Å². The van der Waals surface area contributed by atoms with E-state index in [0.29, 0.717) is 18.7 Å². The molecule has 0 heterocycles. The van der Waals surface area contributed by atoms with Gasteiger partial charge in [-0.05, 0) is 69.2 Å². The highest BCUT2D eigenvalue weighted by Crippen LogP contribution is 2.21. The normalized spacial score (nSPS) is 15.1. The van der Waals surface area contributed by atoms with Crippen molar-refractivity contribution in [2.45, 2.75) is 46.0 Å². The van der Waals surface area contributed by atoms with E-state index in [1.165, 1.54) is 16.3 Å². The van der Waals surface area contributed by atoms with Crippen LogP contribution in [0.4, 0.5) is 5.69 Å². The highest BCUT2D eigenvalue weighted by atomic mass is 32.2. The van der Waals surface area contributed by atoms with E-state index in [4.69, 9.17) is 0 Å². The maximum atomic E-state index is 12.3. The second kappa shape index (κ2) is 8.63. The van der Waals surface area contributed by atoms with Gasteiger partial charge in [-0.25, -0.2) is 8.42 Å². The number of nitrogens with zero attached hydrogens (tertiary/aromatic N) is 1. The van der Waals surface area contributed by atoms with Crippen LogP contribution in [0, 0.1) is 13.8 Å². The number of nitrogens with one attached hydrogen (secondary N) is 1. The Morgan fingerprint density at radius 1 is 1.16 bits per heavy atom. The first-order valence-corrected chi connectivity index (χ1v) is 10.6. The molecule has 0 saturated heterocycles. The van der Waals surface area contributed by atoms with Gasteiger partial charge in [-0.1, -0.05) is 17.7 Å². The molecule has 0 radical (unpaired) electrons. The molecular formula is C19H28N2O3S. The number of sulfonamides is 1. The van der Waals surface area contributed by atoms with Gasteiger partial charge in [0, 0.05) is 12.2 Å². The summed E-state index contributed by atoms with van der Waals surface area (Å²) in [7, 11) is -3.42. The predicted octanol–water partition coefficient (Wildman–Crippen LogP) is 3.39. The second-order valence-corrected chi connectivity index (χ2v) is 8.86. The first kappa shape index (κ1) is 19.7. The van der Waals surface area contributed by atoms with Gasteiger partial charge in [0.2, 0.25) is 15.9 Å². The van der Waals surface area contributed by atoms with Crippen LogP contribution in [0.1, 0.15) is 43.2 Å². The fourth-order valence-corrected chi connectivity index (χ4v) is 3.94. The summed E-state index contributed by atoms with van der Waals surface area (Å²) < 4.78 is 25.3. The highest BCUT2D eigenvalue weighted by Gasteiger charge is 2.20. The summed E-state index contributed by atoms with van der Waals surface area (Å²) in [6, 6.07) is 5.78. The van der Waals surface area contributed by atoms with Gasteiger partial charge in [0.25, 0.3) is 0 Å². The molecule has 0 fully saturated rings. The molecule has 0 aromatic heterocycles. The molecule has 0 aliphatic heterocycles. The van der Waals surface area contributed by atoms with Gasteiger partial charge in [0.1, 0.15) is 0 Å². The lowest BCUT2D eigenvalue weighted by molar-refractivity contribution is -0.116. The van der Waals surface area contributed by atoms with E-state index in [0.717, 1.165) is 36.6 Å². The summed E-state index contributed by atoms with van der Waals surface area (Å²) in [4.78, 5) is 12.3. The van der Waals surface area contributed by atoms with Crippen molar-refractivity contribution in [2.24, 2.45) is 0 Å². The summed E-state index contributed by atoms with van der Waals surface area (Å²) >= 11 is 0. The Labute approximate surface area is 151 Å². The summed E-state index contributed by atoms with van der Waals surface area (Å²) in [6.07, 6.45) is 8.54. The molecule has 1 aromatic rings. The smallest absolute Gasteiger partial charge is 0.239 e. The minimum atomic E-state index is -3.42. The Balaban J connectivity index is 1.98. The van der Waals surface area contributed by atoms with Gasteiger partial charge in [-0.2, -0.15) is 4.31 Å². The zero-order chi connectivity index (χ0) is 18.4. The SMILES string of the molecule is Cc1cc(C)cc(NC(=O)CN(CCC2=CCCCC2)S(C)(=O)=O)c1. The van der Waals surface area contributed by atoms with Crippen LogP contribution < -0.4 is 5.32 Å². The molecule has 0 spiro atoms. The quantitative estimate of drug-likeness (QED) is 0.754. The van der Waals surface area contributed by atoms with Gasteiger partial charge in [-0.15, -0.1) is 0 Å². The van der Waals surface area contributed by atoms with Crippen LogP contribution in [0.2, 0.25) is 0 Å². The maximum Gasteiger partial charge on any atom is 0.239 e. The molecular weight excluding hydrogens is 336 g/mol. The summed E-state index contributed by atoms with van der Waals surface area (Å²) in [6.45, 7) is 4.12. The molecule has 25 heavy (non-hydrogen) atoms. The first-order valence-electron chi connectivity index (χ1n) is 8.75. The van der Waals surface area contributed by atoms with Crippen LogP contribution in [-0.4, -0.2) is 38.0 Å². The van der Waals surface area contributed by atoms with Crippen LogP contribution in [0.15, 0.2) is 29.8 Å². The molecule has 0 atom stereocenters. The van der Waals surface area contributed by atoms with Crippen LogP contribution in [0.5, 0.6) is 0 Å². The Morgan fingerprint density at radius 3 is 2.40 bits per heavy atom. The Kier molecular flexibility index (Phi) is 6.79. The predicted molar refractivity (Wildman–Crippen MR) is 102 cm³/mol. The lowest BCUT2D eigenvalue weighted by Crippen LogP contribution is -2.38. The third-order valence-corrected chi connectivity index (χ3v) is 5.61. The minimum absolute atomic E-state index is 0.154. The van der Waals surface area contributed by atoms with E-state index >= 15 is 0 Å². The monoisotopic (exact) mass is 364 g/mol. The summed E-state index contributed by atoms with van der Waals surface area (Å²) in [5, 5.41) is 2.80. The van der Waals surface area contributed by atoms with Gasteiger partial charge in [0.15, 0.2) is 0 Å². The maximum absolute atomic E-state index is 12.3. The largest absolute Gasteiger partial charge is 0.325 e. The average molecular weight is 365 g/mol. The second-order valence-electron chi connectivity index (χ2n) is 6.88. The van der Waals surface area contributed by atoms with E-state index < -0.39 is 10.0 Å². The average Bonchev–Trinajstić information content (AvgIpc) is 2.50. The molecule has 0 bridgehead atoms. The number of rotatable bonds is 7. The van der Waals surface area contributed by atoms with Crippen LogP contribution >= 0.6 is 0 Å². The third-order valence-electron chi connectivity index (χ3n) is 4.36. The first-order chi connectivity index (χ1) is 11.7. The molecule has 0 saturated carbocycles. The van der Waals surface area contributed by atoms with Crippen molar-refractivity contribution >= 4 is 21.6 Å². The molecule has 2 rings (SSSR count). The minimum Gasteiger partial charge on any atom is -0.325 e. The molecule has 1 amide bonds. The van der Waals surface area contributed by atoms with E-state index in [9.17, 15) is 13.2 Å². The lowest BCUT2D eigenvalue weighted by atomic mass is 9.97. The number of aryl methyl sites for hydroxylation is 2. The number of carbonyl (C=O) groups is 1. The zero-order valence-corrected chi connectivity index (χ0v) is 16.2. The van der Waals surface area contributed by atoms with Crippen LogP contribution in [0.3, 0.4) is 0 Å². The summed E-state index contributed by atoms with van der Waals surface area (Å²) in [5.41, 5.74) is 4.11. The van der Waals surface area contributed by atoms with E-state index in [2.05, 4.69) is 11.4 Å². The molecule has 1 aliphatic rings. The standard InChI is InChI=1S/C19H28N2O3S/c1-15-11-16(2)13-18(12-15)20-19(22)14-21(25(3,23)24)10-9-17-7-5-4-6-8-17/h7,11-13H,4-6,8-10,14H2,1-3H3,(H,20,22). The molecule has 138 valence electrons. The molecule has 6 heteroatoms. The third kappa shape index (κ3) is 6.63. The number of amides is 1. The Bertz CT molecular complexity index is 734. The molecule has 0 unspecified atom stereocenters. The van der Waals surface area contributed by atoms with E-state index in [1.807, 2.05) is 32.0 Å². The molecule has 1 aliphatic carbocycles. The molecule has 5 nitrogen and oxygen atoms in total. The van der Waals surface area contributed by atoms with Crippen molar-refractivity contribution in [3.05, 3.63) is 41.0 Å². The number of hydrogen-bond donors (Lipinski definition) is 1. The van der Waals surface area contributed by atoms with E-state index in [1.54, 1.807) is 0 Å². The van der Waals surface area contributed by atoms with Crippen LogP contribution in [-0.2, 0) is 14.8 Å². The topological polar surface area (TPSA) is 66.5 Å². The van der Waals surface area contributed by atoms with Crippen molar-refractivity contribution in [3.8, 4) is 0 Å². The van der Waals surface area contributed by atoms with Gasteiger partial charge < -0.3 is 5.32 Å². The molecule has 1 aromatic carbocycles. The Morgan fingerprint density at radius 2 is 1.84 bits per heavy atom. The van der Waals surface area contributed by atoms with Crippen molar-refractivity contribution in [2.75, 3.05) is 24.7 Å². The van der Waals surface area contributed by atoms with Gasteiger partial charge in [-0.3, -0.25) is 4.79 Å². The van der Waals surface area contributed by atoms with Crippen molar-refractivity contribution in [3.63, 3.8) is 0 Å². The Hall–Kier alpha value is -1.66. The van der Waals surface area contributed by atoms with Crippen molar-refractivity contribution in [1.29, 1.82) is 0 Å². The number of carbonyl (C=O) groups excluding carboxylic acids is 1. The summed E-state index contributed by atoms with van der Waals surface area (Å²) in [5.74, 6) is -0.312. The number of hydrogen-bond acceptors (Lipinski definition) is 3. The van der Waals surface area contributed by atoms with Crippen molar-refractivity contribution in [1.82, 2.24) is 4.31 Å². The lowest BCUT2D eigenvalue weighted by Gasteiger charge is -2.21. The van der Waals surface area contributed by atoms with Gasteiger partial charge in [0.05, 0.1) is 12.8 Å². The number of benzene rings is 1.